The first-order valence-electron chi connectivity index (χ1n) is 8.81. The van der Waals surface area contributed by atoms with Gasteiger partial charge >= 0.3 is 5.97 Å². The maximum absolute atomic E-state index is 13.1. The third kappa shape index (κ3) is 3.89. The predicted molar refractivity (Wildman–Crippen MR) is 95.1 cm³/mol. The van der Waals surface area contributed by atoms with E-state index >= 15 is 0 Å². The molecular weight excluding hydrogens is 353 g/mol. The van der Waals surface area contributed by atoms with E-state index in [0.29, 0.717) is 18.5 Å². The van der Waals surface area contributed by atoms with Gasteiger partial charge in [0.15, 0.2) is 0 Å². The molecule has 0 unspecified atom stereocenters. The maximum atomic E-state index is 13.1. The molecule has 142 valence electrons. The van der Waals surface area contributed by atoms with Crippen molar-refractivity contribution in [2.45, 2.75) is 38.1 Å². The van der Waals surface area contributed by atoms with Gasteiger partial charge in [-0.05, 0) is 50.1 Å². The first kappa shape index (κ1) is 18.8. The molecule has 7 nitrogen and oxygen atoms in total. The predicted octanol–water partition coefficient (Wildman–Crippen LogP) is 1.98. The van der Waals surface area contributed by atoms with Crippen molar-refractivity contribution >= 4 is 11.9 Å². The zero-order valence-corrected chi connectivity index (χ0v) is 14.9. The van der Waals surface area contributed by atoms with E-state index in [0.717, 1.165) is 17.5 Å². The van der Waals surface area contributed by atoms with Crippen LogP contribution in [-0.2, 0) is 9.53 Å². The summed E-state index contributed by atoms with van der Waals surface area (Å²) in [5.41, 5.74) is -1.21. The molecule has 1 N–H and O–H groups in total. The van der Waals surface area contributed by atoms with Crippen LogP contribution in [0.5, 0.6) is 0 Å². The summed E-state index contributed by atoms with van der Waals surface area (Å²) in [5, 5.41) is 6.82. The summed E-state index contributed by atoms with van der Waals surface area (Å²) in [6.07, 6.45) is 2.60. The highest BCUT2D eigenvalue weighted by Gasteiger charge is 2.44. The van der Waals surface area contributed by atoms with Gasteiger partial charge in [-0.15, -0.1) is 0 Å². The lowest BCUT2D eigenvalue weighted by Gasteiger charge is -2.27. The van der Waals surface area contributed by atoms with Crippen molar-refractivity contribution in [2.75, 3.05) is 6.61 Å². The molecule has 1 aromatic heterocycles. The van der Waals surface area contributed by atoms with Crippen molar-refractivity contribution in [1.29, 1.82) is 0 Å². The molecule has 0 atom stereocenters. The normalized spacial score (nSPS) is 15.3. The van der Waals surface area contributed by atoms with Crippen molar-refractivity contribution in [2.24, 2.45) is 0 Å². The van der Waals surface area contributed by atoms with Crippen LogP contribution in [0.25, 0.3) is 5.69 Å². The Balaban J connectivity index is 1.88. The molecule has 1 amide bonds. The van der Waals surface area contributed by atoms with Crippen LogP contribution >= 0.6 is 0 Å². The molecule has 1 heterocycles. The standard InChI is InChI=1S/C19H20FN3O4/c1-2-27-18(26)19(11-3-4-12-19)21-17(25)15-9-10-16(24)23(22-15)14-7-5-13(20)6-8-14/h5-10H,2-4,11-12H2,1H3,(H,21,25). The third-order valence-corrected chi connectivity index (χ3v) is 4.58. The fourth-order valence-electron chi connectivity index (χ4n) is 3.21. The first-order valence-corrected chi connectivity index (χ1v) is 8.81. The van der Waals surface area contributed by atoms with E-state index in [1.54, 1.807) is 6.92 Å². The summed E-state index contributed by atoms with van der Waals surface area (Å²) in [6.45, 7) is 1.94. The van der Waals surface area contributed by atoms with E-state index in [9.17, 15) is 18.8 Å². The van der Waals surface area contributed by atoms with Gasteiger partial charge in [-0.2, -0.15) is 9.78 Å². The van der Waals surface area contributed by atoms with Crippen LogP contribution in [0.2, 0.25) is 0 Å². The molecule has 1 aromatic carbocycles. The highest BCUT2D eigenvalue weighted by molar-refractivity contribution is 5.96. The van der Waals surface area contributed by atoms with Crippen LogP contribution in [0.1, 0.15) is 43.1 Å². The number of esters is 1. The molecule has 0 aliphatic heterocycles. The van der Waals surface area contributed by atoms with Crippen molar-refractivity contribution in [3.8, 4) is 5.69 Å². The summed E-state index contributed by atoms with van der Waals surface area (Å²) < 4.78 is 19.2. The lowest BCUT2D eigenvalue weighted by molar-refractivity contribution is -0.150. The monoisotopic (exact) mass is 373 g/mol. The summed E-state index contributed by atoms with van der Waals surface area (Å²) in [5.74, 6) is -1.47. The quantitative estimate of drug-likeness (QED) is 0.810. The van der Waals surface area contributed by atoms with E-state index in [2.05, 4.69) is 10.4 Å². The molecule has 0 saturated heterocycles. The van der Waals surface area contributed by atoms with Gasteiger partial charge in [-0.1, -0.05) is 12.8 Å². The molecule has 1 aliphatic carbocycles. The van der Waals surface area contributed by atoms with Crippen molar-refractivity contribution < 1.29 is 18.7 Å². The van der Waals surface area contributed by atoms with Gasteiger partial charge in [-0.25, -0.2) is 9.18 Å². The largest absolute Gasteiger partial charge is 0.464 e. The number of nitrogens with one attached hydrogen (secondary N) is 1. The fraction of sp³-hybridized carbons (Fsp3) is 0.368. The average Bonchev–Trinajstić information content (AvgIpc) is 3.13. The lowest BCUT2D eigenvalue weighted by atomic mass is 9.97. The van der Waals surface area contributed by atoms with Crippen molar-refractivity contribution in [3.63, 3.8) is 0 Å². The molecule has 27 heavy (non-hydrogen) atoms. The molecule has 2 aromatic rings. The van der Waals surface area contributed by atoms with Gasteiger partial charge in [0.05, 0.1) is 12.3 Å². The number of hydrogen-bond acceptors (Lipinski definition) is 5. The third-order valence-electron chi connectivity index (χ3n) is 4.58. The lowest BCUT2D eigenvalue weighted by Crippen LogP contribution is -2.53. The van der Waals surface area contributed by atoms with Crippen LogP contribution in [0.3, 0.4) is 0 Å². The number of nitrogens with zero attached hydrogens (tertiary/aromatic N) is 2. The summed E-state index contributed by atoms with van der Waals surface area (Å²) in [7, 11) is 0. The molecule has 1 aliphatic rings. The number of carbonyl (C=O) groups is 2. The highest BCUT2D eigenvalue weighted by Crippen LogP contribution is 2.31. The van der Waals surface area contributed by atoms with Crippen LogP contribution in [-0.4, -0.2) is 33.8 Å². The second-order valence-electron chi connectivity index (χ2n) is 6.41. The number of aromatic nitrogens is 2. The smallest absolute Gasteiger partial charge is 0.331 e. The van der Waals surface area contributed by atoms with E-state index in [4.69, 9.17) is 4.74 Å². The number of hydrogen-bond donors (Lipinski definition) is 1. The van der Waals surface area contributed by atoms with Gasteiger partial charge < -0.3 is 10.1 Å². The molecule has 1 saturated carbocycles. The van der Waals surface area contributed by atoms with Crippen LogP contribution < -0.4 is 10.9 Å². The van der Waals surface area contributed by atoms with Crippen molar-refractivity contribution in [1.82, 2.24) is 15.1 Å². The second-order valence-corrected chi connectivity index (χ2v) is 6.41. The Kier molecular flexibility index (Phi) is 5.34. The van der Waals surface area contributed by atoms with Gasteiger partial charge in [-0.3, -0.25) is 9.59 Å². The summed E-state index contributed by atoms with van der Waals surface area (Å²) >= 11 is 0. The highest BCUT2D eigenvalue weighted by atomic mass is 19.1. The van der Waals surface area contributed by atoms with Gasteiger partial charge in [0.2, 0.25) is 0 Å². The number of halogens is 1. The molecule has 0 radical (unpaired) electrons. The van der Waals surface area contributed by atoms with Crippen LogP contribution in [0.15, 0.2) is 41.2 Å². The van der Waals surface area contributed by atoms with Gasteiger partial charge in [0, 0.05) is 6.07 Å². The Morgan fingerprint density at radius 3 is 2.48 bits per heavy atom. The number of rotatable bonds is 5. The van der Waals surface area contributed by atoms with Gasteiger partial charge in [0.1, 0.15) is 17.1 Å². The Labute approximate surface area is 155 Å². The molecule has 8 heteroatoms. The number of benzene rings is 1. The van der Waals surface area contributed by atoms with E-state index in [1.807, 2.05) is 0 Å². The number of amides is 1. The van der Waals surface area contributed by atoms with Crippen molar-refractivity contribution in [3.05, 3.63) is 58.3 Å². The SMILES string of the molecule is CCOC(=O)C1(NC(=O)c2ccc(=O)n(-c3ccc(F)cc3)n2)CCCC1. The number of carbonyl (C=O) groups excluding carboxylic acids is 2. The zero-order valence-electron chi connectivity index (χ0n) is 14.9. The van der Waals surface area contributed by atoms with E-state index in [1.165, 1.54) is 36.4 Å². The Morgan fingerprint density at radius 1 is 1.19 bits per heavy atom. The Morgan fingerprint density at radius 2 is 1.85 bits per heavy atom. The molecule has 3 rings (SSSR count). The van der Waals surface area contributed by atoms with Crippen LogP contribution in [0.4, 0.5) is 4.39 Å². The topological polar surface area (TPSA) is 90.3 Å². The average molecular weight is 373 g/mol. The minimum Gasteiger partial charge on any atom is -0.464 e. The second kappa shape index (κ2) is 7.69. The summed E-state index contributed by atoms with van der Waals surface area (Å²) in [6, 6.07) is 7.68. The van der Waals surface area contributed by atoms with Gasteiger partial charge in [0.25, 0.3) is 11.5 Å². The first-order chi connectivity index (χ1) is 12.9. The van der Waals surface area contributed by atoms with E-state index in [-0.39, 0.29) is 12.3 Å². The molecule has 1 fully saturated rings. The zero-order chi connectivity index (χ0) is 19.4. The van der Waals surface area contributed by atoms with E-state index < -0.39 is 28.8 Å². The Bertz CT molecular complexity index is 902. The minimum absolute atomic E-state index is 0.0190. The Hall–Kier alpha value is -3.03. The maximum Gasteiger partial charge on any atom is 0.331 e. The number of ether oxygens (including phenoxy) is 1. The molecular formula is C19H20FN3O4. The fourth-order valence-corrected chi connectivity index (χ4v) is 3.21. The summed E-state index contributed by atoms with van der Waals surface area (Å²) in [4.78, 5) is 37.1. The minimum atomic E-state index is -1.06. The van der Waals surface area contributed by atoms with Crippen LogP contribution in [0, 0.1) is 5.82 Å². The molecule has 0 bridgehead atoms. The molecule has 0 spiro atoms.